The van der Waals surface area contributed by atoms with Crippen molar-refractivity contribution in [2.24, 2.45) is 0 Å². The summed E-state index contributed by atoms with van der Waals surface area (Å²) in [6.45, 7) is 0.169. The molecule has 9 heteroatoms. The number of benzene rings is 1. The van der Waals surface area contributed by atoms with E-state index in [-0.39, 0.29) is 23.5 Å². The van der Waals surface area contributed by atoms with Gasteiger partial charge in [0, 0.05) is 22.8 Å². The summed E-state index contributed by atoms with van der Waals surface area (Å²) in [5.41, 5.74) is 0.369. The molecule has 1 fully saturated rings. The predicted octanol–water partition coefficient (Wildman–Crippen LogP) is 3.26. The summed E-state index contributed by atoms with van der Waals surface area (Å²) >= 11 is 5.91. The molecule has 156 valence electrons. The summed E-state index contributed by atoms with van der Waals surface area (Å²) in [5, 5.41) is 3.61. The smallest absolute Gasteiger partial charge is 0.330 e. The van der Waals surface area contributed by atoms with Crippen LogP contribution in [0.25, 0.3) is 22.4 Å². The van der Waals surface area contributed by atoms with Crippen LogP contribution < -0.4 is 16.6 Å². The molecule has 1 aliphatic carbocycles. The van der Waals surface area contributed by atoms with Crippen LogP contribution in [0, 0.1) is 0 Å². The molecular weight excluding hydrogens is 420 g/mol. The van der Waals surface area contributed by atoms with Crippen LogP contribution in [-0.2, 0) is 6.54 Å². The Labute approximate surface area is 180 Å². The fraction of sp³-hybridized carbons (Fsp3) is 0.182. The molecule has 2 N–H and O–H groups in total. The van der Waals surface area contributed by atoms with E-state index in [9.17, 15) is 14.4 Å². The van der Waals surface area contributed by atoms with Gasteiger partial charge >= 0.3 is 5.69 Å². The van der Waals surface area contributed by atoms with Gasteiger partial charge in [-0.3, -0.25) is 19.1 Å². The van der Waals surface area contributed by atoms with Gasteiger partial charge in [-0.1, -0.05) is 11.6 Å². The third-order valence-electron chi connectivity index (χ3n) is 5.17. The van der Waals surface area contributed by atoms with Crippen molar-refractivity contribution in [3.05, 3.63) is 85.8 Å². The average molecular weight is 437 g/mol. The minimum atomic E-state index is -0.558. The molecule has 3 heterocycles. The van der Waals surface area contributed by atoms with Gasteiger partial charge in [0.15, 0.2) is 0 Å². The summed E-state index contributed by atoms with van der Waals surface area (Å²) in [4.78, 5) is 43.5. The van der Waals surface area contributed by atoms with Crippen LogP contribution >= 0.6 is 11.6 Å². The molecule has 1 aliphatic rings. The lowest BCUT2D eigenvalue weighted by Crippen LogP contribution is -2.31. The summed E-state index contributed by atoms with van der Waals surface area (Å²) in [5.74, 6) is 0.841. The maximum Gasteiger partial charge on any atom is 0.330 e. The second-order valence-electron chi connectivity index (χ2n) is 7.41. The highest BCUT2D eigenvalue weighted by Gasteiger charge is 2.27. The molecule has 1 aromatic carbocycles. The van der Waals surface area contributed by atoms with Gasteiger partial charge in [0.2, 0.25) is 0 Å². The highest BCUT2D eigenvalue weighted by Crippen LogP contribution is 2.34. The minimum Gasteiger partial charge on any atom is -0.459 e. The number of furan rings is 1. The standard InChI is InChI=1S/C22H17ClN4O4/c23-14-3-1-12(2-4-14)18-8-7-16(31-18)11-25-20(28)13-9-17-19(24-10-13)27(15-5-6-15)22(30)26-21(17)29/h1-4,7-10,15H,5-6,11H2,(H,25,28)(H,26,29,30). The Kier molecular flexibility index (Phi) is 4.71. The number of nitrogens with one attached hydrogen (secondary N) is 2. The molecule has 0 spiro atoms. The van der Waals surface area contributed by atoms with Gasteiger partial charge in [0.25, 0.3) is 11.5 Å². The summed E-state index contributed by atoms with van der Waals surface area (Å²) in [6.07, 6.45) is 3.11. The van der Waals surface area contributed by atoms with E-state index in [1.165, 1.54) is 16.8 Å². The first-order valence-corrected chi connectivity index (χ1v) is 10.1. The number of fused-ring (bicyclic) bond motifs is 1. The number of hydrogen-bond donors (Lipinski definition) is 2. The number of aromatic nitrogens is 3. The number of halogens is 1. The average Bonchev–Trinajstić information content (AvgIpc) is 3.48. The van der Waals surface area contributed by atoms with Crippen LogP contribution in [0.4, 0.5) is 0 Å². The Morgan fingerprint density at radius 3 is 2.71 bits per heavy atom. The number of carbonyl (C=O) groups excluding carboxylic acids is 1. The van der Waals surface area contributed by atoms with Crippen LogP contribution in [0.1, 0.15) is 35.0 Å². The normalized spacial score (nSPS) is 13.5. The maximum absolute atomic E-state index is 12.6. The molecular formula is C22H17ClN4O4. The molecule has 0 radical (unpaired) electrons. The van der Waals surface area contributed by atoms with Gasteiger partial charge in [0.05, 0.1) is 17.5 Å². The zero-order valence-electron chi connectivity index (χ0n) is 16.2. The largest absolute Gasteiger partial charge is 0.459 e. The predicted molar refractivity (Wildman–Crippen MR) is 115 cm³/mol. The molecule has 4 aromatic rings. The van der Waals surface area contributed by atoms with E-state index in [0.29, 0.717) is 22.2 Å². The van der Waals surface area contributed by atoms with Crippen molar-refractivity contribution < 1.29 is 9.21 Å². The Hall–Kier alpha value is -3.65. The van der Waals surface area contributed by atoms with E-state index in [2.05, 4.69) is 15.3 Å². The first-order chi connectivity index (χ1) is 15.0. The molecule has 0 atom stereocenters. The molecule has 0 unspecified atom stereocenters. The van der Waals surface area contributed by atoms with E-state index in [4.69, 9.17) is 16.0 Å². The number of hydrogen-bond acceptors (Lipinski definition) is 5. The van der Waals surface area contributed by atoms with Crippen LogP contribution in [0.15, 0.2) is 62.7 Å². The van der Waals surface area contributed by atoms with Gasteiger partial charge in [-0.25, -0.2) is 9.78 Å². The third-order valence-corrected chi connectivity index (χ3v) is 5.42. The van der Waals surface area contributed by atoms with E-state index in [1.807, 2.05) is 18.2 Å². The van der Waals surface area contributed by atoms with Gasteiger partial charge in [-0.05, 0) is 55.3 Å². The molecule has 31 heavy (non-hydrogen) atoms. The molecule has 0 saturated heterocycles. The summed E-state index contributed by atoms with van der Waals surface area (Å²) in [6, 6.07) is 12.4. The van der Waals surface area contributed by atoms with Crippen molar-refractivity contribution in [3.8, 4) is 11.3 Å². The number of rotatable bonds is 5. The van der Waals surface area contributed by atoms with Crippen LogP contribution in [0.5, 0.6) is 0 Å². The van der Waals surface area contributed by atoms with Crippen molar-refractivity contribution >= 4 is 28.5 Å². The molecule has 0 aliphatic heterocycles. The molecule has 1 saturated carbocycles. The number of pyridine rings is 1. The third kappa shape index (κ3) is 3.77. The summed E-state index contributed by atoms with van der Waals surface area (Å²) in [7, 11) is 0. The van der Waals surface area contributed by atoms with E-state index in [1.54, 1.807) is 18.2 Å². The molecule has 1 amide bonds. The van der Waals surface area contributed by atoms with Crippen molar-refractivity contribution in [3.63, 3.8) is 0 Å². The van der Waals surface area contributed by atoms with E-state index in [0.717, 1.165) is 18.4 Å². The highest BCUT2D eigenvalue weighted by atomic mass is 35.5. The number of aromatic amines is 1. The molecule has 8 nitrogen and oxygen atoms in total. The second-order valence-corrected chi connectivity index (χ2v) is 7.85. The highest BCUT2D eigenvalue weighted by molar-refractivity contribution is 6.30. The fourth-order valence-electron chi connectivity index (χ4n) is 3.44. The van der Waals surface area contributed by atoms with Crippen molar-refractivity contribution in [2.45, 2.75) is 25.4 Å². The lowest BCUT2D eigenvalue weighted by Gasteiger charge is -2.08. The van der Waals surface area contributed by atoms with E-state index < -0.39 is 17.2 Å². The second kappa shape index (κ2) is 7.55. The zero-order chi connectivity index (χ0) is 21.5. The Balaban J connectivity index is 1.34. The van der Waals surface area contributed by atoms with Crippen molar-refractivity contribution in [2.75, 3.05) is 0 Å². The number of nitrogens with zero attached hydrogens (tertiary/aromatic N) is 2. The maximum atomic E-state index is 12.6. The lowest BCUT2D eigenvalue weighted by molar-refractivity contribution is 0.0948. The number of carbonyl (C=O) groups is 1. The zero-order valence-corrected chi connectivity index (χ0v) is 17.0. The van der Waals surface area contributed by atoms with Crippen LogP contribution in [0.2, 0.25) is 5.02 Å². The molecule has 0 bridgehead atoms. The van der Waals surface area contributed by atoms with Gasteiger partial charge in [-0.2, -0.15) is 0 Å². The SMILES string of the molecule is O=C(NCc1ccc(-c2ccc(Cl)cc2)o1)c1cnc2c(c1)c(=O)[nH]c(=O)n2C1CC1. The van der Waals surface area contributed by atoms with Gasteiger partial charge < -0.3 is 9.73 Å². The quantitative estimate of drug-likeness (QED) is 0.499. The Morgan fingerprint density at radius 1 is 1.19 bits per heavy atom. The van der Waals surface area contributed by atoms with Crippen LogP contribution in [-0.4, -0.2) is 20.4 Å². The first-order valence-electron chi connectivity index (χ1n) is 9.77. The minimum absolute atomic E-state index is 0.0489. The number of amides is 1. The Bertz CT molecular complexity index is 1410. The first kappa shape index (κ1) is 19.3. The fourth-order valence-corrected chi connectivity index (χ4v) is 3.57. The topological polar surface area (TPSA) is 110 Å². The van der Waals surface area contributed by atoms with Crippen LogP contribution in [0.3, 0.4) is 0 Å². The van der Waals surface area contributed by atoms with Crippen molar-refractivity contribution in [1.29, 1.82) is 0 Å². The van der Waals surface area contributed by atoms with Crippen molar-refractivity contribution in [1.82, 2.24) is 19.9 Å². The number of H-pyrrole nitrogens is 1. The Morgan fingerprint density at radius 2 is 1.97 bits per heavy atom. The van der Waals surface area contributed by atoms with Gasteiger partial charge in [0.1, 0.15) is 17.2 Å². The summed E-state index contributed by atoms with van der Waals surface area (Å²) < 4.78 is 7.27. The molecule has 3 aromatic heterocycles. The van der Waals surface area contributed by atoms with Gasteiger partial charge in [-0.15, -0.1) is 0 Å². The monoisotopic (exact) mass is 436 g/mol. The van der Waals surface area contributed by atoms with E-state index >= 15 is 0 Å². The molecule has 5 rings (SSSR count). The lowest BCUT2D eigenvalue weighted by atomic mass is 10.2.